The first kappa shape index (κ1) is 11.0. The van der Waals surface area contributed by atoms with Crippen molar-refractivity contribution < 1.29 is 0 Å². The van der Waals surface area contributed by atoms with Gasteiger partial charge in [0.2, 0.25) is 0 Å². The number of halogens is 1. The lowest BCUT2D eigenvalue weighted by Gasteiger charge is -2.01. The smallest absolute Gasteiger partial charge is 0.197 e. The molecule has 0 aliphatic heterocycles. The fraction of sp³-hybridized carbons (Fsp3) is 0. The molecule has 0 radical (unpaired) electrons. The molecule has 0 unspecified atom stereocenters. The number of nitrogens with two attached hydrogens (primary N) is 2. The lowest BCUT2D eigenvalue weighted by Crippen LogP contribution is -1.99. The van der Waals surface area contributed by atoms with Crippen molar-refractivity contribution in [1.29, 1.82) is 0 Å². The molecule has 2 aromatic rings. The Balaban J connectivity index is 2.23. The predicted molar refractivity (Wildman–Crippen MR) is 64.2 cm³/mol. The van der Waals surface area contributed by atoms with Crippen molar-refractivity contribution in [2.75, 3.05) is 11.5 Å². The highest BCUT2D eigenvalue weighted by atomic mass is 35.5. The van der Waals surface area contributed by atoms with E-state index in [-0.39, 0.29) is 0 Å². The minimum atomic E-state index is 0.337. The molecule has 0 saturated carbocycles. The van der Waals surface area contributed by atoms with Crippen LogP contribution >= 0.6 is 23.4 Å². The third-order valence-electron chi connectivity index (χ3n) is 1.64. The number of nitrogen functional groups attached to an aromatic ring is 2. The Bertz CT molecular complexity index is 482. The normalized spacial score (nSPS) is 10.3. The van der Waals surface area contributed by atoms with Gasteiger partial charge >= 0.3 is 0 Å². The number of anilines is 2. The summed E-state index contributed by atoms with van der Waals surface area (Å²) in [6.45, 7) is 0. The largest absolute Gasteiger partial charge is 0.383 e. The molecule has 0 aliphatic rings. The Morgan fingerprint density at radius 3 is 2.38 bits per heavy atom. The number of hydrogen-bond donors (Lipinski definition) is 2. The second-order valence-electron chi connectivity index (χ2n) is 2.92. The van der Waals surface area contributed by atoms with Crippen LogP contribution < -0.4 is 11.5 Å². The summed E-state index contributed by atoms with van der Waals surface area (Å²) in [4.78, 5) is 12.2. The Morgan fingerprint density at radius 1 is 1.12 bits per heavy atom. The molecule has 0 saturated heterocycles. The Kier molecular flexibility index (Phi) is 3.12. The first-order valence-electron chi connectivity index (χ1n) is 4.33. The van der Waals surface area contributed by atoms with Gasteiger partial charge in [-0.1, -0.05) is 11.6 Å². The van der Waals surface area contributed by atoms with Gasteiger partial charge in [0, 0.05) is 12.3 Å². The molecule has 5 nitrogen and oxygen atoms in total. The first-order valence-corrected chi connectivity index (χ1v) is 5.52. The summed E-state index contributed by atoms with van der Waals surface area (Å²) < 4.78 is 0. The maximum Gasteiger partial charge on any atom is 0.197 e. The van der Waals surface area contributed by atoms with E-state index in [9.17, 15) is 0 Å². The zero-order valence-corrected chi connectivity index (χ0v) is 9.66. The van der Waals surface area contributed by atoms with Gasteiger partial charge in [0.25, 0.3) is 0 Å². The number of pyridine rings is 1. The molecule has 4 N–H and O–H groups in total. The van der Waals surface area contributed by atoms with Crippen molar-refractivity contribution in [2.24, 2.45) is 0 Å². The van der Waals surface area contributed by atoms with Gasteiger partial charge in [0.15, 0.2) is 5.16 Å². The average molecular weight is 254 g/mol. The van der Waals surface area contributed by atoms with Gasteiger partial charge in [-0.3, -0.25) is 0 Å². The van der Waals surface area contributed by atoms with Crippen LogP contribution in [0.3, 0.4) is 0 Å². The van der Waals surface area contributed by atoms with Gasteiger partial charge in [-0.2, -0.15) is 0 Å². The Morgan fingerprint density at radius 2 is 1.81 bits per heavy atom. The van der Waals surface area contributed by atoms with E-state index in [4.69, 9.17) is 23.1 Å². The summed E-state index contributed by atoms with van der Waals surface area (Å²) in [5.41, 5.74) is 11.1. The van der Waals surface area contributed by atoms with Crippen molar-refractivity contribution in [3.05, 3.63) is 29.4 Å². The van der Waals surface area contributed by atoms with Gasteiger partial charge in [-0.05, 0) is 23.9 Å². The number of hydrogen-bond acceptors (Lipinski definition) is 6. The fourth-order valence-electron chi connectivity index (χ4n) is 1.02. The van der Waals surface area contributed by atoms with Crippen molar-refractivity contribution in [3.63, 3.8) is 0 Å². The number of rotatable bonds is 2. The van der Waals surface area contributed by atoms with Gasteiger partial charge in [0.05, 0.1) is 5.02 Å². The maximum atomic E-state index is 5.72. The molecule has 0 fully saturated rings. The second kappa shape index (κ2) is 4.54. The highest BCUT2D eigenvalue weighted by Gasteiger charge is 2.04. The van der Waals surface area contributed by atoms with Crippen LogP contribution in [-0.4, -0.2) is 15.0 Å². The van der Waals surface area contributed by atoms with Gasteiger partial charge in [-0.25, -0.2) is 15.0 Å². The van der Waals surface area contributed by atoms with Crippen LogP contribution in [0.25, 0.3) is 0 Å². The van der Waals surface area contributed by atoms with Crippen LogP contribution in [0.2, 0.25) is 5.02 Å². The predicted octanol–water partition coefficient (Wildman–Crippen LogP) is 1.84. The van der Waals surface area contributed by atoms with E-state index in [1.807, 2.05) is 0 Å². The molecule has 0 aromatic carbocycles. The standard InChI is InChI=1S/C9H8ClN5S/c10-5-1-2-8(13-4-5)16-9-14-6(11)3-7(12)15-9/h1-4H,(H4,11,12,14,15). The lowest BCUT2D eigenvalue weighted by atomic mass is 10.5. The third-order valence-corrected chi connectivity index (χ3v) is 2.68. The molecule has 0 aliphatic carbocycles. The van der Waals surface area contributed by atoms with Crippen LogP contribution in [-0.2, 0) is 0 Å². The topological polar surface area (TPSA) is 90.7 Å². The summed E-state index contributed by atoms with van der Waals surface area (Å²) in [5, 5.41) is 1.78. The Labute approximate surface area is 101 Å². The highest BCUT2D eigenvalue weighted by molar-refractivity contribution is 7.99. The summed E-state index contributed by atoms with van der Waals surface area (Å²) in [6.07, 6.45) is 1.56. The van der Waals surface area contributed by atoms with E-state index in [0.717, 1.165) is 5.03 Å². The third kappa shape index (κ3) is 2.74. The molecule has 0 spiro atoms. The van der Waals surface area contributed by atoms with E-state index in [1.165, 1.54) is 17.8 Å². The summed E-state index contributed by atoms with van der Waals surface area (Å²) in [7, 11) is 0. The van der Waals surface area contributed by atoms with E-state index >= 15 is 0 Å². The minimum Gasteiger partial charge on any atom is -0.383 e. The SMILES string of the molecule is Nc1cc(N)nc(Sc2ccc(Cl)cn2)n1. The molecule has 2 aromatic heterocycles. The molecule has 16 heavy (non-hydrogen) atoms. The van der Waals surface area contributed by atoms with Crippen LogP contribution in [0, 0.1) is 0 Å². The second-order valence-corrected chi connectivity index (χ2v) is 4.34. The highest BCUT2D eigenvalue weighted by Crippen LogP contribution is 2.24. The van der Waals surface area contributed by atoms with Crippen LogP contribution in [0.1, 0.15) is 0 Å². The van der Waals surface area contributed by atoms with Gasteiger partial charge < -0.3 is 11.5 Å². The Hall–Kier alpha value is -1.53. The van der Waals surface area contributed by atoms with Crippen LogP contribution in [0.4, 0.5) is 11.6 Å². The number of aromatic nitrogens is 3. The molecule has 0 atom stereocenters. The molecule has 0 bridgehead atoms. The quantitative estimate of drug-likeness (QED) is 0.794. The minimum absolute atomic E-state index is 0.337. The maximum absolute atomic E-state index is 5.72. The van der Waals surface area contributed by atoms with Crippen LogP contribution in [0.5, 0.6) is 0 Å². The molecule has 0 amide bonds. The molecular formula is C9H8ClN5S. The summed E-state index contributed by atoms with van der Waals surface area (Å²) in [5.74, 6) is 0.674. The molecular weight excluding hydrogens is 246 g/mol. The van der Waals surface area contributed by atoms with Crippen molar-refractivity contribution in [1.82, 2.24) is 15.0 Å². The van der Waals surface area contributed by atoms with Gasteiger partial charge in [-0.15, -0.1) is 0 Å². The molecule has 82 valence electrons. The molecule has 2 rings (SSSR count). The molecule has 2 heterocycles. The van der Waals surface area contributed by atoms with E-state index in [2.05, 4.69) is 15.0 Å². The fourth-order valence-corrected chi connectivity index (χ4v) is 1.87. The summed E-state index contributed by atoms with van der Waals surface area (Å²) >= 11 is 6.99. The van der Waals surface area contributed by atoms with Crippen LogP contribution in [0.15, 0.2) is 34.6 Å². The lowest BCUT2D eigenvalue weighted by molar-refractivity contribution is 0.977. The zero-order valence-electron chi connectivity index (χ0n) is 8.09. The van der Waals surface area contributed by atoms with Gasteiger partial charge in [0.1, 0.15) is 16.7 Å². The monoisotopic (exact) mass is 253 g/mol. The van der Waals surface area contributed by atoms with E-state index in [1.54, 1.807) is 18.3 Å². The number of nitrogens with zero attached hydrogens (tertiary/aromatic N) is 3. The van der Waals surface area contributed by atoms with Crippen molar-refractivity contribution in [2.45, 2.75) is 10.2 Å². The van der Waals surface area contributed by atoms with E-state index in [0.29, 0.717) is 21.8 Å². The van der Waals surface area contributed by atoms with Crippen molar-refractivity contribution in [3.8, 4) is 0 Å². The average Bonchev–Trinajstić information content (AvgIpc) is 2.20. The first-order chi connectivity index (χ1) is 7.63. The van der Waals surface area contributed by atoms with E-state index < -0.39 is 0 Å². The van der Waals surface area contributed by atoms with Crippen molar-refractivity contribution >= 4 is 35.0 Å². The summed E-state index contributed by atoms with van der Waals surface area (Å²) in [6, 6.07) is 5.02. The zero-order chi connectivity index (χ0) is 11.5. The molecule has 7 heteroatoms.